The summed E-state index contributed by atoms with van der Waals surface area (Å²) in [5.41, 5.74) is 2.22. The first-order chi connectivity index (χ1) is 11.2. The van der Waals surface area contributed by atoms with Gasteiger partial charge in [-0.1, -0.05) is 18.2 Å². The second kappa shape index (κ2) is 6.96. The Kier molecular flexibility index (Phi) is 4.76. The molecule has 1 atom stereocenters. The molecule has 1 saturated heterocycles. The normalized spacial score (nSPS) is 18.1. The Hall–Kier alpha value is -2.14. The van der Waals surface area contributed by atoms with E-state index in [1.807, 2.05) is 53.2 Å². The third-order valence-electron chi connectivity index (χ3n) is 4.60. The monoisotopic (exact) mass is 312 g/mol. The van der Waals surface area contributed by atoms with Crippen LogP contribution >= 0.6 is 0 Å². The summed E-state index contributed by atoms with van der Waals surface area (Å²) < 4.78 is 2.01. The van der Waals surface area contributed by atoms with Gasteiger partial charge in [0.15, 0.2) is 0 Å². The molecule has 3 rings (SSSR count). The van der Waals surface area contributed by atoms with Gasteiger partial charge in [0.25, 0.3) is 0 Å². The van der Waals surface area contributed by atoms with E-state index in [-0.39, 0.29) is 11.9 Å². The molecule has 0 saturated carbocycles. The van der Waals surface area contributed by atoms with Gasteiger partial charge in [-0.25, -0.2) is 0 Å². The average Bonchev–Trinajstić information content (AvgIpc) is 3.19. The van der Waals surface area contributed by atoms with E-state index >= 15 is 0 Å². The molecule has 0 unspecified atom stereocenters. The molecule has 5 heteroatoms. The number of benzene rings is 1. The molecule has 1 aromatic carbocycles. The lowest BCUT2D eigenvalue weighted by molar-refractivity contribution is -0.121. The maximum absolute atomic E-state index is 12.7. The van der Waals surface area contributed by atoms with Crippen molar-refractivity contribution in [2.24, 2.45) is 0 Å². The van der Waals surface area contributed by atoms with E-state index in [4.69, 9.17) is 0 Å². The van der Waals surface area contributed by atoms with Crippen LogP contribution in [-0.4, -0.2) is 46.8 Å². The number of hydrogen-bond acceptors (Lipinski definition) is 3. The second-order valence-corrected chi connectivity index (χ2v) is 6.00. The summed E-state index contributed by atoms with van der Waals surface area (Å²) in [6, 6.07) is 12.0. The lowest BCUT2D eigenvalue weighted by Crippen LogP contribution is -2.40. The smallest absolute Gasteiger partial charge is 0.244 e. The first-order valence-electron chi connectivity index (χ1n) is 8.28. The van der Waals surface area contributed by atoms with E-state index in [9.17, 15) is 4.79 Å². The molecular formula is C18H24N4O. The number of hydrogen-bond donors (Lipinski definition) is 0. The average molecular weight is 312 g/mol. The molecular weight excluding hydrogens is 288 g/mol. The van der Waals surface area contributed by atoms with Crippen LogP contribution in [0.4, 0.5) is 5.69 Å². The van der Waals surface area contributed by atoms with Gasteiger partial charge in [-0.2, -0.15) is 5.10 Å². The lowest BCUT2D eigenvalue weighted by Gasteiger charge is -2.23. The molecule has 5 nitrogen and oxygen atoms in total. The molecule has 0 radical (unpaired) electrons. The zero-order valence-electron chi connectivity index (χ0n) is 13.9. The lowest BCUT2D eigenvalue weighted by atomic mass is 10.2. The predicted molar refractivity (Wildman–Crippen MR) is 91.4 cm³/mol. The molecule has 1 aromatic heterocycles. The highest BCUT2D eigenvalue weighted by Gasteiger charge is 2.34. The number of aromatic nitrogens is 2. The first-order valence-corrected chi connectivity index (χ1v) is 8.28. The zero-order chi connectivity index (χ0) is 16.2. The number of rotatable bonds is 6. The van der Waals surface area contributed by atoms with Gasteiger partial charge in [0.05, 0.1) is 6.04 Å². The van der Waals surface area contributed by atoms with E-state index in [0.717, 1.165) is 38.2 Å². The van der Waals surface area contributed by atoms with E-state index in [1.165, 1.54) is 5.69 Å². The van der Waals surface area contributed by atoms with Gasteiger partial charge in [-0.05, 0) is 38.6 Å². The number of likely N-dealkylation sites (N-methyl/N-ethyl adjacent to an activating group) is 1. The van der Waals surface area contributed by atoms with Crippen LogP contribution in [0.25, 0.3) is 0 Å². The summed E-state index contributed by atoms with van der Waals surface area (Å²) in [7, 11) is 2.05. The first kappa shape index (κ1) is 15.7. The van der Waals surface area contributed by atoms with Crippen LogP contribution < -0.4 is 4.90 Å². The van der Waals surface area contributed by atoms with Gasteiger partial charge >= 0.3 is 0 Å². The number of para-hydroxylation sites is 1. The summed E-state index contributed by atoms with van der Waals surface area (Å²) in [4.78, 5) is 16.8. The highest BCUT2D eigenvalue weighted by Crippen LogP contribution is 2.23. The highest BCUT2D eigenvalue weighted by atomic mass is 16.2. The fourth-order valence-corrected chi connectivity index (χ4v) is 3.24. The van der Waals surface area contributed by atoms with Crippen LogP contribution in [-0.2, 0) is 17.8 Å². The molecule has 1 aliphatic rings. The van der Waals surface area contributed by atoms with Gasteiger partial charge in [0, 0.05) is 43.6 Å². The molecule has 0 bridgehead atoms. The number of amides is 1. The fraction of sp³-hybridized carbons (Fsp3) is 0.444. The molecule has 2 aromatic rings. The molecule has 1 fully saturated rings. The molecule has 0 aliphatic carbocycles. The van der Waals surface area contributed by atoms with E-state index in [2.05, 4.69) is 23.0 Å². The predicted octanol–water partition coefficient (Wildman–Crippen LogP) is 2.18. The highest BCUT2D eigenvalue weighted by molar-refractivity contribution is 5.99. The molecule has 0 spiro atoms. The van der Waals surface area contributed by atoms with Crippen molar-refractivity contribution in [3.8, 4) is 0 Å². The van der Waals surface area contributed by atoms with Crippen molar-refractivity contribution in [1.29, 1.82) is 0 Å². The van der Waals surface area contributed by atoms with E-state index in [1.54, 1.807) is 0 Å². The van der Waals surface area contributed by atoms with Crippen molar-refractivity contribution in [2.45, 2.75) is 32.4 Å². The third kappa shape index (κ3) is 3.29. The Morgan fingerprint density at radius 3 is 2.78 bits per heavy atom. The van der Waals surface area contributed by atoms with Crippen LogP contribution in [0.15, 0.2) is 42.6 Å². The minimum atomic E-state index is -0.0202. The summed E-state index contributed by atoms with van der Waals surface area (Å²) in [5, 5.41) is 4.30. The van der Waals surface area contributed by atoms with Crippen molar-refractivity contribution in [3.63, 3.8) is 0 Å². The molecule has 2 heterocycles. The van der Waals surface area contributed by atoms with Crippen molar-refractivity contribution in [2.75, 3.05) is 25.0 Å². The van der Waals surface area contributed by atoms with Crippen molar-refractivity contribution in [3.05, 3.63) is 48.3 Å². The van der Waals surface area contributed by atoms with Crippen LogP contribution in [0.3, 0.4) is 0 Å². The zero-order valence-corrected chi connectivity index (χ0v) is 13.9. The molecule has 23 heavy (non-hydrogen) atoms. The van der Waals surface area contributed by atoms with Crippen molar-refractivity contribution in [1.82, 2.24) is 14.7 Å². The van der Waals surface area contributed by atoms with Crippen LogP contribution in [0, 0.1) is 0 Å². The number of carbonyl (C=O) groups is 1. The van der Waals surface area contributed by atoms with Gasteiger partial charge < -0.3 is 4.90 Å². The Labute approximate surface area is 137 Å². The third-order valence-corrected chi connectivity index (χ3v) is 4.60. The fourth-order valence-electron chi connectivity index (χ4n) is 3.24. The summed E-state index contributed by atoms with van der Waals surface area (Å²) in [5.74, 6) is 0.211. The maximum Gasteiger partial charge on any atom is 0.244 e. The van der Waals surface area contributed by atoms with Crippen LogP contribution in [0.5, 0.6) is 0 Å². The summed E-state index contributed by atoms with van der Waals surface area (Å²) >= 11 is 0. The Bertz CT molecular complexity index is 652. The van der Waals surface area contributed by atoms with Gasteiger partial charge in [-0.3, -0.25) is 14.4 Å². The van der Waals surface area contributed by atoms with Crippen LogP contribution in [0.1, 0.15) is 19.0 Å². The minimum absolute atomic E-state index is 0.0202. The Morgan fingerprint density at radius 1 is 1.26 bits per heavy atom. The second-order valence-electron chi connectivity index (χ2n) is 6.00. The SMILES string of the molecule is CCn1nccc1CCN(C)[C@H]1CCN(c2ccccc2)C1=O. The molecule has 1 amide bonds. The number of nitrogens with zero attached hydrogens (tertiary/aromatic N) is 4. The Morgan fingerprint density at radius 2 is 2.04 bits per heavy atom. The number of anilines is 1. The minimum Gasteiger partial charge on any atom is -0.311 e. The quantitative estimate of drug-likeness (QED) is 0.821. The summed E-state index contributed by atoms with van der Waals surface area (Å²) in [6.07, 6.45) is 3.65. The van der Waals surface area contributed by atoms with Crippen molar-refractivity contribution >= 4 is 11.6 Å². The van der Waals surface area contributed by atoms with Gasteiger partial charge in [0.1, 0.15) is 0 Å². The van der Waals surface area contributed by atoms with E-state index < -0.39 is 0 Å². The van der Waals surface area contributed by atoms with Crippen molar-refractivity contribution < 1.29 is 4.79 Å². The standard InChI is InChI=1S/C18H24N4O/c1-3-22-16(9-12-19-22)10-13-20(2)17-11-14-21(18(17)23)15-7-5-4-6-8-15/h4-9,12,17H,3,10-11,13-14H2,1-2H3/t17-/m0/s1. The largest absolute Gasteiger partial charge is 0.311 e. The molecule has 1 aliphatic heterocycles. The topological polar surface area (TPSA) is 41.4 Å². The molecule has 122 valence electrons. The summed E-state index contributed by atoms with van der Waals surface area (Å²) in [6.45, 7) is 4.64. The Balaban J connectivity index is 1.60. The maximum atomic E-state index is 12.7. The van der Waals surface area contributed by atoms with Crippen LogP contribution in [0.2, 0.25) is 0 Å². The van der Waals surface area contributed by atoms with E-state index in [0.29, 0.717) is 0 Å². The van der Waals surface area contributed by atoms with Gasteiger partial charge in [0.2, 0.25) is 5.91 Å². The van der Waals surface area contributed by atoms with Gasteiger partial charge in [-0.15, -0.1) is 0 Å². The molecule has 0 N–H and O–H groups in total. The number of carbonyl (C=O) groups excluding carboxylic acids is 1. The number of aryl methyl sites for hydroxylation is 1.